The number of rotatable bonds is 6. The maximum atomic E-state index is 12.5. The molecule has 0 aliphatic rings. The van der Waals surface area contributed by atoms with Crippen LogP contribution in [0.4, 0.5) is 4.39 Å². The number of benzene rings is 1. The molecule has 0 aliphatic heterocycles. The second kappa shape index (κ2) is 7.22. The van der Waals surface area contributed by atoms with Gasteiger partial charge in [-0.3, -0.25) is 4.79 Å². The van der Waals surface area contributed by atoms with Crippen molar-refractivity contribution in [2.45, 2.75) is 6.42 Å². The molecule has 3 nitrogen and oxygen atoms in total. The molecule has 0 saturated carbocycles. The van der Waals surface area contributed by atoms with E-state index in [1.165, 1.54) is 12.1 Å². The summed E-state index contributed by atoms with van der Waals surface area (Å²) in [5.74, 6) is 0.286. The monoisotopic (exact) mass is 289 g/mol. The Morgan fingerprint density at radius 2 is 2.06 bits per heavy atom. The summed E-state index contributed by atoms with van der Waals surface area (Å²) in [6.07, 6.45) is 0.455. The van der Waals surface area contributed by atoms with Gasteiger partial charge in [-0.15, -0.1) is 0 Å². The van der Waals surface area contributed by atoms with Crippen LogP contribution in [0, 0.1) is 5.82 Å². The Balaban J connectivity index is 2.16. The van der Waals surface area contributed by atoms with Crippen LogP contribution in [0.3, 0.4) is 0 Å². The Morgan fingerprint density at radius 3 is 2.69 bits per heavy atom. The van der Waals surface area contributed by atoms with Crippen LogP contribution in [-0.4, -0.2) is 24.4 Å². The van der Waals surface area contributed by atoms with Crippen LogP contribution in [-0.2, 0) is 4.79 Å². The fraction of sp³-hybridized carbons (Fsp3) is 0.364. The number of amides is 1. The van der Waals surface area contributed by atoms with Crippen LogP contribution in [0.5, 0.6) is 5.75 Å². The van der Waals surface area contributed by atoms with Crippen molar-refractivity contribution >= 4 is 21.8 Å². The zero-order valence-electron chi connectivity index (χ0n) is 8.71. The standard InChI is InChI=1S/C11H13BrFNO2/c12-6-5-11(15)14-7-8-16-10-3-1-9(13)2-4-10/h1-4H,5-8H2,(H,14,15). The molecule has 0 saturated heterocycles. The maximum Gasteiger partial charge on any atom is 0.220 e. The molecular formula is C11H13BrFNO2. The van der Waals surface area contributed by atoms with E-state index in [-0.39, 0.29) is 11.7 Å². The third kappa shape index (κ3) is 5.11. The third-order valence-electron chi connectivity index (χ3n) is 1.83. The van der Waals surface area contributed by atoms with Crippen LogP contribution in [0.25, 0.3) is 0 Å². The molecule has 1 N–H and O–H groups in total. The normalized spacial score (nSPS) is 9.88. The molecule has 0 bridgehead atoms. The minimum Gasteiger partial charge on any atom is -0.492 e. The van der Waals surface area contributed by atoms with Gasteiger partial charge in [-0.2, -0.15) is 0 Å². The summed E-state index contributed by atoms with van der Waals surface area (Å²) in [4.78, 5) is 11.1. The Morgan fingerprint density at radius 1 is 1.38 bits per heavy atom. The molecule has 0 spiro atoms. The van der Waals surface area contributed by atoms with Crippen molar-refractivity contribution in [1.29, 1.82) is 0 Å². The Hall–Kier alpha value is -1.10. The van der Waals surface area contributed by atoms with E-state index in [2.05, 4.69) is 21.2 Å². The highest BCUT2D eigenvalue weighted by Crippen LogP contribution is 2.10. The van der Waals surface area contributed by atoms with Gasteiger partial charge in [0.2, 0.25) is 5.91 Å². The first-order valence-corrected chi connectivity index (χ1v) is 6.05. The minimum atomic E-state index is -0.294. The largest absolute Gasteiger partial charge is 0.492 e. The van der Waals surface area contributed by atoms with E-state index in [0.29, 0.717) is 30.7 Å². The molecule has 5 heteroatoms. The van der Waals surface area contributed by atoms with Gasteiger partial charge in [-0.1, -0.05) is 15.9 Å². The molecule has 0 radical (unpaired) electrons. The van der Waals surface area contributed by atoms with Crippen molar-refractivity contribution in [3.05, 3.63) is 30.1 Å². The average molecular weight is 290 g/mol. The lowest BCUT2D eigenvalue weighted by Crippen LogP contribution is -2.28. The van der Waals surface area contributed by atoms with Gasteiger partial charge in [0.25, 0.3) is 0 Å². The van der Waals surface area contributed by atoms with Crippen LogP contribution in [0.2, 0.25) is 0 Å². The molecule has 1 aromatic rings. The van der Waals surface area contributed by atoms with Crippen molar-refractivity contribution in [2.75, 3.05) is 18.5 Å². The quantitative estimate of drug-likeness (QED) is 0.643. The molecule has 1 amide bonds. The van der Waals surface area contributed by atoms with Crippen molar-refractivity contribution in [1.82, 2.24) is 5.32 Å². The van der Waals surface area contributed by atoms with Gasteiger partial charge in [0.05, 0.1) is 6.54 Å². The summed E-state index contributed by atoms with van der Waals surface area (Å²) in [6, 6.07) is 5.77. The fourth-order valence-corrected chi connectivity index (χ4v) is 1.42. The predicted octanol–water partition coefficient (Wildman–Crippen LogP) is 2.11. The third-order valence-corrected chi connectivity index (χ3v) is 2.22. The highest BCUT2D eigenvalue weighted by Gasteiger charge is 1.99. The van der Waals surface area contributed by atoms with Gasteiger partial charge in [-0.05, 0) is 24.3 Å². The highest BCUT2D eigenvalue weighted by molar-refractivity contribution is 9.09. The first-order valence-electron chi connectivity index (χ1n) is 4.93. The van der Waals surface area contributed by atoms with Crippen molar-refractivity contribution in [3.8, 4) is 5.75 Å². The van der Waals surface area contributed by atoms with Gasteiger partial charge in [0.1, 0.15) is 18.2 Å². The maximum absolute atomic E-state index is 12.5. The van der Waals surface area contributed by atoms with Gasteiger partial charge < -0.3 is 10.1 Å². The second-order valence-corrected chi connectivity index (χ2v) is 3.88. The van der Waals surface area contributed by atoms with Crippen LogP contribution >= 0.6 is 15.9 Å². The van der Waals surface area contributed by atoms with Crippen LogP contribution in [0.1, 0.15) is 6.42 Å². The number of alkyl halides is 1. The number of halogens is 2. The van der Waals surface area contributed by atoms with E-state index < -0.39 is 0 Å². The van der Waals surface area contributed by atoms with E-state index in [1.54, 1.807) is 12.1 Å². The molecule has 1 aromatic carbocycles. The molecule has 0 fully saturated rings. The number of carbonyl (C=O) groups is 1. The molecule has 0 heterocycles. The molecule has 1 rings (SSSR count). The first-order chi connectivity index (χ1) is 7.72. The Labute approximate surface area is 102 Å². The molecule has 0 aromatic heterocycles. The van der Waals surface area contributed by atoms with Crippen molar-refractivity contribution in [3.63, 3.8) is 0 Å². The summed E-state index contributed by atoms with van der Waals surface area (Å²) in [5, 5.41) is 3.35. The zero-order chi connectivity index (χ0) is 11.8. The fourth-order valence-electron chi connectivity index (χ4n) is 1.06. The van der Waals surface area contributed by atoms with Gasteiger partial charge >= 0.3 is 0 Å². The van der Waals surface area contributed by atoms with Crippen molar-refractivity contribution < 1.29 is 13.9 Å². The number of hydrogen-bond acceptors (Lipinski definition) is 2. The number of carbonyl (C=O) groups excluding carboxylic acids is 1. The lowest BCUT2D eigenvalue weighted by molar-refractivity contribution is -0.120. The number of ether oxygens (including phenoxy) is 1. The molecule has 0 aliphatic carbocycles. The van der Waals surface area contributed by atoms with Crippen LogP contribution < -0.4 is 10.1 Å². The summed E-state index contributed by atoms with van der Waals surface area (Å²) in [5.41, 5.74) is 0. The minimum absolute atomic E-state index is 0.0143. The molecule has 0 atom stereocenters. The molecule has 0 unspecified atom stereocenters. The SMILES string of the molecule is O=C(CCBr)NCCOc1ccc(F)cc1. The van der Waals surface area contributed by atoms with Gasteiger partial charge in [0, 0.05) is 11.8 Å². The van der Waals surface area contributed by atoms with E-state index in [0.717, 1.165) is 0 Å². The highest BCUT2D eigenvalue weighted by atomic mass is 79.9. The van der Waals surface area contributed by atoms with E-state index in [9.17, 15) is 9.18 Å². The van der Waals surface area contributed by atoms with Crippen LogP contribution in [0.15, 0.2) is 24.3 Å². The molecule has 88 valence electrons. The summed E-state index contributed by atoms with van der Waals surface area (Å²) < 4.78 is 17.8. The Bertz CT molecular complexity index is 329. The molecular weight excluding hydrogens is 277 g/mol. The summed E-state index contributed by atoms with van der Waals surface area (Å²) in [6.45, 7) is 0.822. The van der Waals surface area contributed by atoms with E-state index in [1.807, 2.05) is 0 Å². The summed E-state index contributed by atoms with van der Waals surface area (Å²) >= 11 is 3.17. The molecule has 16 heavy (non-hydrogen) atoms. The first kappa shape index (κ1) is 13.0. The van der Waals surface area contributed by atoms with E-state index >= 15 is 0 Å². The predicted molar refractivity (Wildman–Crippen MR) is 63.3 cm³/mol. The number of hydrogen-bond donors (Lipinski definition) is 1. The lowest BCUT2D eigenvalue weighted by Gasteiger charge is -2.06. The Kier molecular flexibility index (Phi) is 5.85. The summed E-state index contributed by atoms with van der Waals surface area (Å²) in [7, 11) is 0. The van der Waals surface area contributed by atoms with Gasteiger partial charge in [-0.25, -0.2) is 4.39 Å². The lowest BCUT2D eigenvalue weighted by atomic mass is 10.3. The van der Waals surface area contributed by atoms with Gasteiger partial charge in [0.15, 0.2) is 0 Å². The second-order valence-electron chi connectivity index (χ2n) is 3.09. The smallest absolute Gasteiger partial charge is 0.220 e. The van der Waals surface area contributed by atoms with Crippen molar-refractivity contribution in [2.24, 2.45) is 0 Å². The van der Waals surface area contributed by atoms with E-state index in [4.69, 9.17) is 4.74 Å². The zero-order valence-corrected chi connectivity index (χ0v) is 10.3. The average Bonchev–Trinajstić information content (AvgIpc) is 2.27. The topological polar surface area (TPSA) is 38.3 Å². The number of nitrogens with one attached hydrogen (secondary N) is 1.